The van der Waals surface area contributed by atoms with Crippen LogP contribution in [0.4, 0.5) is 0 Å². The van der Waals surface area contributed by atoms with Crippen LogP contribution in [-0.2, 0) is 0 Å². The third-order valence-electron chi connectivity index (χ3n) is 2.16. The van der Waals surface area contributed by atoms with Gasteiger partial charge in [0.15, 0.2) is 4.77 Å². The van der Waals surface area contributed by atoms with Crippen LogP contribution in [0.5, 0.6) is 0 Å². The van der Waals surface area contributed by atoms with Crippen molar-refractivity contribution in [3.05, 3.63) is 16.7 Å². The Balaban J connectivity index is 2.22. The number of hydrogen-bond donors (Lipinski definition) is 3. The van der Waals surface area contributed by atoms with Crippen molar-refractivity contribution < 1.29 is 4.79 Å². The van der Waals surface area contributed by atoms with Gasteiger partial charge in [-0.25, -0.2) is 0 Å². The quantitative estimate of drug-likeness (QED) is 0.516. The molecule has 0 fully saturated rings. The fourth-order valence-corrected chi connectivity index (χ4v) is 1.47. The van der Waals surface area contributed by atoms with Crippen LogP contribution in [0, 0.1) is 4.77 Å². The second kappa shape index (κ2) is 6.40. The number of aromatic nitrogens is 2. The molecule has 0 atom stereocenters. The molecule has 0 saturated heterocycles. The summed E-state index contributed by atoms with van der Waals surface area (Å²) in [5.74, 6) is -0.0983. The second-order valence-electron chi connectivity index (χ2n) is 3.47. The van der Waals surface area contributed by atoms with Crippen molar-refractivity contribution in [2.45, 2.75) is 32.6 Å². The van der Waals surface area contributed by atoms with Crippen molar-refractivity contribution in [2.24, 2.45) is 0 Å². The minimum absolute atomic E-state index is 0.0983. The molecule has 1 aromatic rings. The van der Waals surface area contributed by atoms with Gasteiger partial charge in [-0.05, 0) is 18.6 Å². The van der Waals surface area contributed by atoms with Crippen molar-refractivity contribution in [2.75, 3.05) is 6.54 Å². The van der Waals surface area contributed by atoms with Crippen LogP contribution in [0.25, 0.3) is 0 Å². The van der Waals surface area contributed by atoms with E-state index in [-0.39, 0.29) is 5.91 Å². The molecule has 0 unspecified atom stereocenters. The van der Waals surface area contributed by atoms with Crippen molar-refractivity contribution in [3.63, 3.8) is 0 Å². The van der Waals surface area contributed by atoms with Crippen LogP contribution in [0.2, 0.25) is 0 Å². The number of imidazole rings is 1. The molecule has 1 rings (SSSR count). The number of carbonyl (C=O) groups excluding carboxylic acids is 1. The van der Waals surface area contributed by atoms with E-state index in [1.54, 1.807) is 6.20 Å². The van der Waals surface area contributed by atoms with Crippen LogP contribution >= 0.6 is 12.2 Å². The van der Waals surface area contributed by atoms with Gasteiger partial charge in [0.25, 0.3) is 5.91 Å². The highest BCUT2D eigenvalue weighted by molar-refractivity contribution is 7.71. The van der Waals surface area contributed by atoms with Gasteiger partial charge in [-0.1, -0.05) is 26.2 Å². The number of hydrogen-bond acceptors (Lipinski definition) is 2. The van der Waals surface area contributed by atoms with Gasteiger partial charge in [0.05, 0.1) is 0 Å². The fraction of sp³-hybridized carbons (Fsp3) is 0.600. The highest BCUT2D eigenvalue weighted by Crippen LogP contribution is 1.98. The number of unbranched alkanes of at least 4 members (excludes halogenated alkanes) is 3. The number of carbonyl (C=O) groups is 1. The average Bonchev–Trinajstić information content (AvgIpc) is 2.64. The molecule has 0 saturated carbocycles. The van der Waals surface area contributed by atoms with Gasteiger partial charge in [0, 0.05) is 12.7 Å². The maximum Gasteiger partial charge on any atom is 0.269 e. The lowest BCUT2D eigenvalue weighted by atomic mass is 10.2. The maximum absolute atomic E-state index is 11.5. The molecule has 0 aliphatic carbocycles. The summed E-state index contributed by atoms with van der Waals surface area (Å²) in [7, 11) is 0. The zero-order valence-electron chi connectivity index (χ0n) is 8.93. The highest BCUT2D eigenvalue weighted by Gasteiger charge is 2.04. The van der Waals surface area contributed by atoms with E-state index in [1.165, 1.54) is 19.3 Å². The molecule has 0 radical (unpaired) electrons. The minimum atomic E-state index is -0.0983. The molecule has 1 aromatic heterocycles. The first-order valence-corrected chi connectivity index (χ1v) is 5.70. The Labute approximate surface area is 94.5 Å². The van der Waals surface area contributed by atoms with E-state index in [2.05, 4.69) is 22.2 Å². The predicted octanol–water partition coefficient (Wildman–Crippen LogP) is 2.38. The summed E-state index contributed by atoms with van der Waals surface area (Å²) in [4.78, 5) is 17.0. The summed E-state index contributed by atoms with van der Waals surface area (Å²) in [5.41, 5.74) is 0.496. The largest absolute Gasteiger partial charge is 0.351 e. The molecule has 84 valence electrons. The van der Waals surface area contributed by atoms with Crippen LogP contribution in [0.15, 0.2) is 6.20 Å². The van der Waals surface area contributed by atoms with E-state index >= 15 is 0 Å². The van der Waals surface area contributed by atoms with E-state index in [0.717, 1.165) is 13.0 Å². The maximum atomic E-state index is 11.5. The van der Waals surface area contributed by atoms with Crippen LogP contribution in [-0.4, -0.2) is 22.4 Å². The van der Waals surface area contributed by atoms with E-state index in [0.29, 0.717) is 10.5 Å². The SMILES string of the molecule is CCCCCCNC(=O)c1c[nH]c(=S)[nH]1. The lowest BCUT2D eigenvalue weighted by Gasteiger charge is -2.02. The smallest absolute Gasteiger partial charge is 0.269 e. The summed E-state index contributed by atoms with van der Waals surface area (Å²) in [5, 5.41) is 2.83. The molecule has 1 heterocycles. The molecule has 0 aliphatic rings. The molecule has 3 N–H and O–H groups in total. The third kappa shape index (κ3) is 4.29. The Hall–Kier alpha value is -1.10. The minimum Gasteiger partial charge on any atom is -0.351 e. The van der Waals surface area contributed by atoms with Crippen molar-refractivity contribution >= 4 is 18.1 Å². The lowest BCUT2D eigenvalue weighted by molar-refractivity contribution is 0.0948. The molecule has 1 amide bonds. The average molecular weight is 227 g/mol. The normalized spacial score (nSPS) is 10.2. The van der Waals surface area contributed by atoms with Gasteiger partial charge in [0.1, 0.15) is 5.69 Å². The molecule has 4 nitrogen and oxygen atoms in total. The van der Waals surface area contributed by atoms with E-state index in [1.807, 2.05) is 0 Å². The van der Waals surface area contributed by atoms with Gasteiger partial charge in [-0.3, -0.25) is 4.79 Å². The zero-order valence-corrected chi connectivity index (χ0v) is 9.75. The first-order chi connectivity index (χ1) is 7.24. The summed E-state index contributed by atoms with van der Waals surface area (Å²) >= 11 is 4.83. The Bertz CT molecular complexity index is 356. The summed E-state index contributed by atoms with van der Waals surface area (Å²) in [6.07, 6.45) is 6.22. The van der Waals surface area contributed by atoms with Gasteiger partial charge >= 0.3 is 0 Å². The molecule has 0 spiro atoms. The number of H-pyrrole nitrogens is 2. The van der Waals surface area contributed by atoms with Crippen molar-refractivity contribution in [1.29, 1.82) is 0 Å². The molecular weight excluding hydrogens is 210 g/mol. The predicted molar refractivity (Wildman–Crippen MR) is 62.5 cm³/mol. The molecule has 0 aromatic carbocycles. The first-order valence-electron chi connectivity index (χ1n) is 5.30. The van der Waals surface area contributed by atoms with Gasteiger partial charge in [-0.2, -0.15) is 0 Å². The number of aromatic amines is 2. The lowest BCUT2D eigenvalue weighted by Crippen LogP contribution is -2.24. The molecule has 0 aliphatic heterocycles. The standard InChI is InChI=1S/C10H17N3OS/c1-2-3-4-5-6-11-9(14)8-7-12-10(15)13-8/h7H,2-6H2,1H3,(H,11,14)(H2,12,13,15). The summed E-state index contributed by atoms with van der Waals surface area (Å²) in [6, 6.07) is 0. The highest BCUT2D eigenvalue weighted by atomic mass is 32.1. The molecule has 15 heavy (non-hydrogen) atoms. The Morgan fingerprint density at radius 3 is 2.87 bits per heavy atom. The monoisotopic (exact) mass is 227 g/mol. The second-order valence-corrected chi connectivity index (χ2v) is 3.88. The van der Waals surface area contributed by atoms with Crippen LogP contribution in [0.3, 0.4) is 0 Å². The number of nitrogens with one attached hydrogen (secondary N) is 3. The number of rotatable bonds is 6. The first kappa shape index (κ1) is 12.0. The molecule has 5 heteroatoms. The van der Waals surface area contributed by atoms with E-state index in [4.69, 9.17) is 12.2 Å². The summed E-state index contributed by atoms with van der Waals surface area (Å²) < 4.78 is 0.478. The third-order valence-corrected chi connectivity index (χ3v) is 2.38. The molecule has 0 bridgehead atoms. The van der Waals surface area contributed by atoms with E-state index in [9.17, 15) is 4.79 Å². The van der Waals surface area contributed by atoms with Crippen LogP contribution < -0.4 is 5.32 Å². The van der Waals surface area contributed by atoms with Gasteiger partial charge < -0.3 is 15.3 Å². The Kier molecular flexibility index (Phi) is 5.10. The Morgan fingerprint density at radius 1 is 1.47 bits per heavy atom. The fourth-order valence-electron chi connectivity index (χ4n) is 1.30. The molecular formula is C10H17N3OS. The van der Waals surface area contributed by atoms with Gasteiger partial charge in [-0.15, -0.1) is 0 Å². The Morgan fingerprint density at radius 2 is 2.27 bits per heavy atom. The van der Waals surface area contributed by atoms with E-state index < -0.39 is 0 Å². The van der Waals surface area contributed by atoms with Crippen LogP contribution in [0.1, 0.15) is 43.1 Å². The zero-order chi connectivity index (χ0) is 11.1. The van der Waals surface area contributed by atoms with Crippen molar-refractivity contribution in [3.8, 4) is 0 Å². The summed E-state index contributed by atoms with van der Waals surface area (Å²) in [6.45, 7) is 2.89. The topological polar surface area (TPSA) is 60.7 Å². The number of amides is 1. The van der Waals surface area contributed by atoms with Gasteiger partial charge in [0.2, 0.25) is 0 Å². The van der Waals surface area contributed by atoms with Crippen molar-refractivity contribution in [1.82, 2.24) is 15.3 Å².